The van der Waals surface area contributed by atoms with Gasteiger partial charge in [0.25, 0.3) is 0 Å². The molecule has 0 aliphatic rings. The van der Waals surface area contributed by atoms with Gasteiger partial charge in [-0.3, -0.25) is 0 Å². The van der Waals surface area contributed by atoms with Gasteiger partial charge in [-0.05, 0) is 51.8 Å². The fourth-order valence-corrected chi connectivity index (χ4v) is 3.34. The third-order valence-corrected chi connectivity index (χ3v) is 4.31. The van der Waals surface area contributed by atoms with E-state index in [-0.39, 0.29) is 4.83 Å². The van der Waals surface area contributed by atoms with Crippen molar-refractivity contribution in [1.82, 2.24) is 0 Å². The van der Waals surface area contributed by atoms with E-state index in [4.69, 9.17) is 32.4 Å². The van der Waals surface area contributed by atoms with Gasteiger partial charge in [0.15, 0.2) is 5.22 Å². The lowest BCUT2D eigenvalue weighted by Gasteiger charge is -2.14. The monoisotopic (exact) mass is 412 g/mol. The summed E-state index contributed by atoms with van der Waals surface area (Å²) in [5, 5.41) is 0.953. The minimum Gasteiger partial charge on any atom is -0.495 e. The quantitative estimate of drug-likeness (QED) is 0.588. The Morgan fingerprint density at radius 3 is 2.56 bits per heavy atom. The summed E-state index contributed by atoms with van der Waals surface area (Å²) in [6, 6.07) is 7.09. The highest BCUT2D eigenvalue weighted by molar-refractivity contribution is 9.10. The van der Waals surface area contributed by atoms with Crippen molar-refractivity contribution in [3.05, 3.63) is 50.3 Å². The van der Waals surface area contributed by atoms with Crippen LogP contribution in [0.15, 0.2) is 33.2 Å². The van der Waals surface area contributed by atoms with Crippen LogP contribution in [0.25, 0.3) is 0 Å². The van der Waals surface area contributed by atoms with Crippen LogP contribution >= 0.6 is 55.1 Å². The van der Waals surface area contributed by atoms with E-state index in [9.17, 15) is 0 Å². The van der Waals surface area contributed by atoms with Gasteiger partial charge in [-0.15, -0.1) is 0 Å². The molecular weight excluding hydrogens is 407 g/mol. The lowest BCUT2D eigenvalue weighted by Crippen LogP contribution is -1.97. The zero-order valence-electron chi connectivity index (χ0n) is 9.22. The van der Waals surface area contributed by atoms with Crippen molar-refractivity contribution in [2.75, 3.05) is 7.11 Å². The molecule has 96 valence electrons. The van der Waals surface area contributed by atoms with Gasteiger partial charge >= 0.3 is 0 Å². The molecule has 0 aliphatic carbocycles. The van der Waals surface area contributed by atoms with Gasteiger partial charge in [0, 0.05) is 10.6 Å². The van der Waals surface area contributed by atoms with Crippen LogP contribution in [0.5, 0.6) is 5.75 Å². The molecule has 1 atom stereocenters. The molecule has 0 N–H and O–H groups in total. The lowest BCUT2D eigenvalue weighted by molar-refractivity contribution is 0.406. The van der Waals surface area contributed by atoms with Crippen molar-refractivity contribution < 1.29 is 9.15 Å². The Labute approximate surface area is 131 Å². The Kier molecular flexibility index (Phi) is 4.64. The summed E-state index contributed by atoms with van der Waals surface area (Å²) in [7, 11) is 1.60. The Bertz CT molecular complexity index is 569. The highest BCUT2D eigenvalue weighted by Crippen LogP contribution is 2.42. The topological polar surface area (TPSA) is 22.4 Å². The van der Waals surface area contributed by atoms with E-state index in [1.807, 2.05) is 6.07 Å². The average molecular weight is 415 g/mol. The maximum absolute atomic E-state index is 6.05. The van der Waals surface area contributed by atoms with Crippen LogP contribution in [0, 0.1) is 0 Å². The highest BCUT2D eigenvalue weighted by atomic mass is 79.9. The summed E-state index contributed by atoms with van der Waals surface area (Å²) in [5.41, 5.74) is 0.864. The highest BCUT2D eigenvalue weighted by Gasteiger charge is 2.21. The molecule has 0 radical (unpaired) electrons. The molecule has 1 unspecified atom stereocenters. The van der Waals surface area contributed by atoms with Crippen molar-refractivity contribution in [3.8, 4) is 5.75 Å². The Hall–Kier alpha value is -0.160. The number of benzene rings is 1. The number of methoxy groups -OCH3 is 1. The van der Waals surface area contributed by atoms with Crippen LogP contribution in [0.2, 0.25) is 10.2 Å². The number of alkyl halides is 1. The summed E-state index contributed by atoms with van der Waals surface area (Å²) in [6.07, 6.45) is 0. The molecule has 2 nitrogen and oxygen atoms in total. The molecule has 2 aromatic rings. The first-order chi connectivity index (χ1) is 8.52. The summed E-state index contributed by atoms with van der Waals surface area (Å²) in [6.45, 7) is 0. The van der Waals surface area contributed by atoms with E-state index in [0.29, 0.717) is 21.8 Å². The predicted molar refractivity (Wildman–Crippen MR) is 80.2 cm³/mol. The first-order valence-corrected chi connectivity index (χ1v) is 7.41. The molecule has 0 spiro atoms. The first-order valence-electron chi connectivity index (χ1n) is 4.95. The van der Waals surface area contributed by atoms with E-state index < -0.39 is 0 Å². The minimum atomic E-state index is -0.185. The van der Waals surface area contributed by atoms with Gasteiger partial charge in [-0.25, -0.2) is 0 Å². The van der Waals surface area contributed by atoms with Gasteiger partial charge in [-0.1, -0.05) is 27.5 Å². The molecule has 1 aromatic heterocycles. The van der Waals surface area contributed by atoms with Gasteiger partial charge in [0.2, 0.25) is 0 Å². The van der Waals surface area contributed by atoms with Crippen LogP contribution in [0.3, 0.4) is 0 Å². The van der Waals surface area contributed by atoms with Crippen LogP contribution < -0.4 is 4.74 Å². The van der Waals surface area contributed by atoms with Crippen molar-refractivity contribution in [2.24, 2.45) is 0 Å². The number of hydrogen-bond donors (Lipinski definition) is 0. The fraction of sp³-hybridized carbons (Fsp3) is 0.167. The summed E-state index contributed by atoms with van der Waals surface area (Å²) < 4.78 is 11.5. The normalized spacial score (nSPS) is 12.5. The molecule has 0 fully saturated rings. The van der Waals surface area contributed by atoms with Crippen LogP contribution in [-0.2, 0) is 0 Å². The fourth-order valence-electron chi connectivity index (χ4n) is 1.60. The Balaban J connectivity index is 2.49. The molecular formula is C12H8Br2Cl2O2. The maximum Gasteiger partial charge on any atom is 0.193 e. The number of halogens is 4. The second kappa shape index (κ2) is 5.87. The average Bonchev–Trinajstić information content (AvgIpc) is 2.74. The Morgan fingerprint density at radius 2 is 2.00 bits per heavy atom. The largest absolute Gasteiger partial charge is 0.495 e. The molecule has 0 bridgehead atoms. The third kappa shape index (κ3) is 2.87. The molecule has 0 aliphatic heterocycles. The molecule has 6 heteroatoms. The standard InChI is InChI=1S/C12H8Br2Cl2O2/c1-17-12-7(4-6(15)5-8(12)13)11(14)9-2-3-10(16)18-9/h2-5,11H,1H3. The molecule has 2 rings (SSSR count). The number of hydrogen-bond acceptors (Lipinski definition) is 2. The molecule has 0 saturated heterocycles. The smallest absolute Gasteiger partial charge is 0.193 e. The number of furan rings is 1. The molecule has 1 aromatic carbocycles. The Morgan fingerprint density at radius 1 is 1.28 bits per heavy atom. The maximum atomic E-state index is 6.05. The van der Waals surface area contributed by atoms with Crippen LogP contribution in [0.4, 0.5) is 0 Å². The van der Waals surface area contributed by atoms with E-state index >= 15 is 0 Å². The van der Waals surface area contributed by atoms with Crippen molar-refractivity contribution in [3.63, 3.8) is 0 Å². The molecule has 1 heterocycles. The first kappa shape index (κ1) is 14.3. The van der Waals surface area contributed by atoms with Gasteiger partial charge < -0.3 is 9.15 Å². The van der Waals surface area contributed by atoms with E-state index in [0.717, 1.165) is 10.0 Å². The molecule has 0 saturated carbocycles. The van der Waals surface area contributed by atoms with E-state index in [2.05, 4.69) is 31.9 Å². The van der Waals surface area contributed by atoms with E-state index in [1.54, 1.807) is 25.3 Å². The predicted octanol–water partition coefficient (Wildman–Crippen LogP) is 5.84. The SMILES string of the molecule is COc1c(Br)cc(Cl)cc1C(Br)c1ccc(Cl)o1. The lowest BCUT2D eigenvalue weighted by atomic mass is 10.1. The summed E-state index contributed by atoms with van der Waals surface area (Å²) in [4.78, 5) is -0.185. The number of rotatable bonds is 3. The second-order valence-corrected chi connectivity index (χ2v) is 6.09. The van der Waals surface area contributed by atoms with Crippen molar-refractivity contribution in [1.29, 1.82) is 0 Å². The number of ether oxygens (including phenoxy) is 1. The zero-order valence-corrected chi connectivity index (χ0v) is 13.9. The molecule has 18 heavy (non-hydrogen) atoms. The van der Waals surface area contributed by atoms with Crippen LogP contribution in [-0.4, -0.2) is 7.11 Å². The molecule has 0 amide bonds. The second-order valence-electron chi connectivity index (χ2n) is 3.51. The van der Waals surface area contributed by atoms with E-state index in [1.165, 1.54) is 0 Å². The van der Waals surface area contributed by atoms with Crippen LogP contribution in [0.1, 0.15) is 16.2 Å². The zero-order chi connectivity index (χ0) is 13.3. The summed E-state index contributed by atoms with van der Waals surface area (Å²) >= 11 is 18.8. The summed E-state index contributed by atoms with van der Waals surface area (Å²) in [5.74, 6) is 1.39. The minimum absolute atomic E-state index is 0.185. The van der Waals surface area contributed by atoms with Crippen molar-refractivity contribution >= 4 is 55.1 Å². The van der Waals surface area contributed by atoms with Gasteiger partial charge in [0.05, 0.1) is 11.6 Å². The van der Waals surface area contributed by atoms with Crippen molar-refractivity contribution in [2.45, 2.75) is 4.83 Å². The van der Waals surface area contributed by atoms with Gasteiger partial charge in [0.1, 0.15) is 16.3 Å². The third-order valence-electron chi connectivity index (χ3n) is 2.36. The van der Waals surface area contributed by atoms with Gasteiger partial charge in [-0.2, -0.15) is 0 Å².